The van der Waals surface area contributed by atoms with Gasteiger partial charge >= 0.3 is 5.97 Å². The third kappa shape index (κ3) is 4.88. The highest BCUT2D eigenvalue weighted by atomic mass is 32.1. The number of thiophene rings is 1. The first-order valence-electron chi connectivity index (χ1n) is 10.1. The quantitative estimate of drug-likeness (QED) is 0.343. The first-order chi connectivity index (χ1) is 16.0. The van der Waals surface area contributed by atoms with Crippen LogP contribution in [0, 0.1) is 11.6 Å². The van der Waals surface area contributed by atoms with E-state index in [1.165, 1.54) is 29.7 Å². The Hall–Kier alpha value is -3.72. The number of hydrogen-bond donors (Lipinski definition) is 1. The van der Waals surface area contributed by atoms with E-state index in [9.17, 15) is 13.6 Å². The lowest BCUT2D eigenvalue weighted by atomic mass is 10.1. The second-order valence-corrected chi connectivity index (χ2v) is 7.89. The van der Waals surface area contributed by atoms with Crippen molar-refractivity contribution in [2.24, 2.45) is 0 Å². The van der Waals surface area contributed by atoms with Crippen LogP contribution in [0.1, 0.15) is 28.4 Å². The highest BCUT2D eigenvalue weighted by Crippen LogP contribution is 2.33. The zero-order chi connectivity index (χ0) is 23.4. The topological polar surface area (TPSA) is 83.7 Å². The molecule has 0 aliphatic carbocycles. The monoisotopic (exact) mass is 470 g/mol. The van der Waals surface area contributed by atoms with Gasteiger partial charge in [-0.2, -0.15) is 0 Å². The number of anilines is 1. The summed E-state index contributed by atoms with van der Waals surface area (Å²) in [5.41, 5.74) is 7.32. The first-order valence-corrected chi connectivity index (χ1v) is 11.0. The number of esters is 1. The van der Waals surface area contributed by atoms with Crippen LogP contribution in [0.5, 0.6) is 11.5 Å². The van der Waals surface area contributed by atoms with Gasteiger partial charge in [-0.3, -0.25) is 0 Å². The fourth-order valence-electron chi connectivity index (χ4n) is 3.23. The minimum atomic E-state index is -0.928. The molecule has 0 amide bonds. The largest absolute Gasteiger partial charge is 0.489 e. The Balaban J connectivity index is 1.48. The predicted molar refractivity (Wildman–Crippen MR) is 121 cm³/mol. The van der Waals surface area contributed by atoms with Crippen LogP contribution in [0.15, 0.2) is 54.0 Å². The van der Waals surface area contributed by atoms with Gasteiger partial charge in [0.25, 0.3) is 0 Å². The number of fused-ring (bicyclic) bond motifs is 1. The van der Waals surface area contributed by atoms with Gasteiger partial charge in [0, 0.05) is 28.8 Å². The second-order valence-electron chi connectivity index (χ2n) is 7.01. The van der Waals surface area contributed by atoms with E-state index in [0.29, 0.717) is 33.0 Å². The number of aromatic nitrogens is 1. The van der Waals surface area contributed by atoms with Crippen LogP contribution >= 0.6 is 11.3 Å². The lowest BCUT2D eigenvalue weighted by Crippen LogP contribution is -2.06. The molecule has 9 heteroatoms. The van der Waals surface area contributed by atoms with Gasteiger partial charge in [-0.1, -0.05) is 18.2 Å². The Morgan fingerprint density at radius 3 is 2.48 bits per heavy atom. The summed E-state index contributed by atoms with van der Waals surface area (Å²) in [7, 11) is 0. The molecule has 170 valence electrons. The average Bonchev–Trinajstić information content (AvgIpc) is 3.24. The van der Waals surface area contributed by atoms with Gasteiger partial charge in [0.2, 0.25) is 0 Å². The number of carbonyl (C=O) groups excluding carboxylic acids is 1. The van der Waals surface area contributed by atoms with Crippen LogP contribution in [0.2, 0.25) is 0 Å². The predicted octanol–water partition coefficient (Wildman–Crippen LogP) is 5.49. The Kier molecular flexibility index (Phi) is 6.69. The summed E-state index contributed by atoms with van der Waals surface area (Å²) < 4.78 is 44.4. The summed E-state index contributed by atoms with van der Waals surface area (Å²) >= 11 is 1.36. The van der Waals surface area contributed by atoms with Gasteiger partial charge < -0.3 is 19.9 Å². The van der Waals surface area contributed by atoms with Gasteiger partial charge in [-0.15, -0.1) is 11.3 Å². The maximum Gasteiger partial charge on any atom is 0.341 e. The fraction of sp³-hybridized carbons (Fsp3) is 0.167. The highest BCUT2D eigenvalue weighted by Gasteiger charge is 2.18. The molecule has 33 heavy (non-hydrogen) atoms. The molecule has 0 aliphatic heterocycles. The SMILES string of the molecule is CCOC(=O)c1cnc(N)c2c(COc3cccc(OCc4cccc(F)c4F)c3)csc12. The molecule has 0 atom stereocenters. The molecule has 0 aliphatic rings. The number of carbonyl (C=O) groups is 1. The van der Waals surface area contributed by atoms with Crippen molar-refractivity contribution < 1.29 is 27.8 Å². The van der Waals surface area contributed by atoms with E-state index in [-0.39, 0.29) is 25.4 Å². The number of ether oxygens (including phenoxy) is 3. The number of nitrogens with zero attached hydrogens (tertiary/aromatic N) is 1. The van der Waals surface area contributed by atoms with Crippen molar-refractivity contribution in [2.75, 3.05) is 12.3 Å². The van der Waals surface area contributed by atoms with Crippen LogP contribution in [-0.4, -0.2) is 17.6 Å². The van der Waals surface area contributed by atoms with Gasteiger partial charge in [-0.25, -0.2) is 18.6 Å². The lowest BCUT2D eigenvalue weighted by molar-refractivity contribution is 0.0528. The molecule has 0 saturated heterocycles. The van der Waals surface area contributed by atoms with E-state index in [1.807, 2.05) is 5.38 Å². The molecule has 0 saturated carbocycles. The minimum Gasteiger partial charge on any atom is -0.489 e. The van der Waals surface area contributed by atoms with Gasteiger partial charge in [0.15, 0.2) is 11.6 Å². The Bertz CT molecular complexity index is 1310. The molecule has 0 spiro atoms. The molecule has 0 bridgehead atoms. The van der Waals surface area contributed by atoms with E-state index in [2.05, 4.69) is 4.98 Å². The van der Waals surface area contributed by atoms with E-state index in [1.54, 1.807) is 31.2 Å². The van der Waals surface area contributed by atoms with Crippen molar-refractivity contribution in [2.45, 2.75) is 20.1 Å². The van der Waals surface area contributed by atoms with E-state index in [4.69, 9.17) is 19.9 Å². The Morgan fingerprint density at radius 1 is 1.06 bits per heavy atom. The number of halogens is 2. The molecule has 6 nitrogen and oxygen atoms in total. The summed E-state index contributed by atoms with van der Waals surface area (Å²) in [6.45, 7) is 2.05. The number of pyridine rings is 1. The third-order valence-electron chi connectivity index (χ3n) is 4.82. The molecule has 2 aromatic heterocycles. The van der Waals surface area contributed by atoms with E-state index >= 15 is 0 Å². The van der Waals surface area contributed by atoms with Crippen LogP contribution in [-0.2, 0) is 18.0 Å². The average molecular weight is 470 g/mol. The highest BCUT2D eigenvalue weighted by molar-refractivity contribution is 7.17. The summed E-state index contributed by atoms with van der Waals surface area (Å²) in [6, 6.07) is 10.8. The van der Waals surface area contributed by atoms with Crippen molar-refractivity contribution in [3.8, 4) is 11.5 Å². The molecular formula is C24H20F2N2O4S. The van der Waals surface area contributed by atoms with Gasteiger partial charge in [0.1, 0.15) is 30.5 Å². The molecule has 2 heterocycles. The van der Waals surface area contributed by atoms with Gasteiger partial charge in [0.05, 0.1) is 16.9 Å². The Morgan fingerprint density at radius 2 is 1.76 bits per heavy atom. The van der Waals surface area contributed by atoms with Gasteiger partial charge in [-0.05, 0) is 30.5 Å². The third-order valence-corrected chi connectivity index (χ3v) is 5.88. The summed E-state index contributed by atoms with van der Waals surface area (Å²) in [4.78, 5) is 16.3. The zero-order valence-corrected chi connectivity index (χ0v) is 18.5. The summed E-state index contributed by atoms with van der Waals surface area (Å²) in [5, 5.41) is 2.51. The van der Waals surface area contributed by atoms with Crippen LogP contribution in [0.4, 0.5) is 14.6 Å². The number of benzene rings is 2. The number of rotatable bonds is 8. The maximum absolute atomic E-state index is 13.8. The molecule has 2 N–H and O–H groups in total. The van der Waals surface area contributed by atoms with Crippen molar-refractivity contribution in [1.82, 2.24) is 4.98 Å². The smallest absolute Gasteiger partial charge is 0.341 e. The number of hydrogen-bond acceptors (Lipinski definition) is 7. The molecule has 2 aromatic carbocycles. The van der Waals surface area contributed by atoms with E-state index < -0.39 is 17.6 Å². The molecule has 4 aromatic rings. The van der Waals surface area contributed by atoms with Crippen molar-refractivity contribution in [3.05, 3.63) is 82.4 Å². The minimum absolute atomic E-state index is 0.117. The van der Waals surface area contributed by atoms with Crippen molar-refractivity contribution in [1.29, 1.82) is 0 Å². The molecule has 0 radical (unpaired) electrons. The first kappa shape index (κ1) is 22.5. The van der Waals surface area contributed by atoms with Crippen LogP contribution in [0.3, 0.4) is 0 Å². The van der Waals surface area contributed by atoms with Crippen molar-refractivity contribution >= 4 is 33.2 Å². The zero-order valence-electron chi connectivity index (χ0n) is 17.6. The fourth-order valence-corrected chi connectivity index (χ4v) is 4.29. The summed E-state index contributed by atoms with van der Waals surface area (Å²) in [5.74, 6) is -1.05. The molecule has 0 unspecified atom stereocenters. The molecule has 4 rings (SSSR count). The molecule has 0 fully saturated rings. The summed E-state index contributed by atoms with van der Waals surface area (Å²) in [6.07, 6.45) is 1.42. The molecular weight excluding hydrogens is 450 g/mol. The Labute approximate surface area is 192 Å². The lowest BCUT2D eigenvalue weighted by Gasteiger charge is -2.11. The second kappa shape index (κ2) is 9.83. The normalized spacial score (nSPS) is 10.9. The number of nitrogen functional groups attached to an aromatic ring is 1. The van der Waals surface area contributed by atoms with Crippen LogP contribution in [0.25, 0.3) is 10.1 Å². The standard InChI is InChI=1S/C24H20F2N2O4S/c1-2-30-24(29)18-10-28-23(27)20-15(13-33-22(18)20)12-32-17-7-4-6-16(9-17)31-11-14-5-3-8-19(25)21(14)26/h3-10,13H,2,11-12H2,1H3,(H2,27,28). The van der Waals surface area contributed by atoms with Crippen molar-refractivity contribution in [3.63, 3.8) is 0 Å². The van der Waals surface area contributed by atoms with E-state index in [0.717, 1.165) is 11.6 Å². The maximum atomic E-state index is 13.8. The van der Waals surface area contributed by atoms with Crippen LogP contribution < -0.4 is 15.2 Å². The number of nitrogens with two attached hydrogens (primary N) is 1.